The molecule has 0 radical (unpaired) electrons. The van der Waals surface area contributed by atoms with Crippen LogP contribution in [-0.4, -0.2) is 57.0 Å². The van der Waals surface area contributed by atoms with Gasteiger partial charge in [-0.05, 0) is 7.05 Å². The average molecular weight is 308 g/mol. The van der Waals surface area contributed by atoms with Gasteiger partial charge in [-0.2, -0.15) is 0 Å². The number of nitrogens with zero attached hydrogens (tertiary/aromatic N) is 2. The Balaban J connectivity index is 1.74. The van der Waals surface area contributed by atoms with E-state index in [0.29, 0.717) is 5.75 Å². The highest BCUT2D eigenvalue weighted by atomic mass is 32.2. The number of aliphatic carboxylic acids is 1. The molecule has 20 heavy (non-hydrogen) atoms. The van der Waals surface area contributed by atoms with Gasteiger partial charge in [0.15, 0.2) is 0 Å². The number of carboxylic acid groups (broad SMARTS) is 1. The van der Waals surface area contributed by atoms with Gasteiger partial charge in [-0.1, -0.05) is 30.3 Å². The van der Waals surface area contributed by atoms with Crippen LogP contribution < -0.4 is 0 Å². The molecule has 2 unspecified atom stereocenters. The lowest BCUT2D eigenvalue weighted by atomic mass is 10.2. The minimum absolute atomic E-state index is 0.171. The molecule has 0 aromatic heterocycles. The Morgan fingerprint density at radius 1 is 1.35 bits per heavy atom. The van der Waals surface area contributed by atoms with E-state index in [9.17, 15) is 9.90 Å². The molecule has 2 heterocycles. The second-order valence-corrected chi connectivity index (χ2v) is 7.08. The van der Waals surface area contributed by atoms with Crippen molar-refractivity contribution in [1.82, 2.24) is 4.90 Å². The van der Waals surface area contributed by atoms with Gasteiger partial charge in [0.05, 0.1) is 16.5 Å². The second kappa shape index (κ2) is 5.79. The fraction of sp³-hybridized carbons (Fsp3) is 0.429. The Labute approximate surface area is 126 Å². The standard InChI is InChI=1S/C14H16N2O2S2/c1-16-11(14(17)18)8-20-13(16)10-7-19-12(15-10)9-5-3-2-4-6-9/h2-6,10-11,13H,7-8H2,1H3,(H,17,18)/t10?,11-,13?/m1/s1. The summed E-state index contributed by atoms with van der Waals surface area (Å²) in [6.45, 7) is 0. The van der Waals surface area contributed by atoms with Crippen LogP contribution in [0.15, 0.2) is 35.3 Å². The molecule has 3 rings (SSSR count). The minimum atomic E-state index is -0.736. The third kappa shape index (κ3) is 2.60. The van der Waals surface area contributed by atoms with E-state index >= 15 is 0 Å². The molecule has 0 amide bonds. The zero-order valence-electron chi connectivity index (χ0n) is 11.1. The molecule has 4 nitrogen and oxygen atoms in total. The Hall–Kier alpha value is -0.980. The summed E-state index contributed by atoms with van der Waals surface area (Å²) in [6.07, 6.45) is 0. The van der Waals surface area contributed by atoms with Crippen LogP contribution in [0.3, 0.4) is 0 Å². The Morgan fingerprint density at radius 2 is 2.10 bits per heavy atom. The average Bonchev–Trinajstić information content (AvgIpc) is 3.06. The van der Waals surface area contributed by atoms with Crippen LogP contribution in [0, 0.1) is 0 Å². The van der Waals surface area contributed by atoms with Crippen molar-refractivity contribution < 1.29 is 9.90 Å². The van der Waals surface area contributed by atoms with Gasteiger partial charge in [0.1, 0.15) is 6.04 Å². The zero-order chi connectivity index (χ0) is 14.1. The summed E-state index contributed by atoms with van der Waals surface area (Å²) in [7, 11) is 1.89. The van der Waals surface area contributed by atoms with Crippen LogP contribution >= 0.6 is 23.5 Å². The first kappa shape index (κ1) is 14.0. The van der Waals surface area contributed by atoms with E-state index in [1.165, 1.54) is 0 Å². The van der Waals surface area contributed by atoms with E-state index in [1.807, 2.05) is 30.1 Å². The van der Waals surface area contributed by atoms with Crippen LogP contribution in [0.1, 0.15) is 5.56 Å². The van der Waals surface area contributed by atoms with Gasteiger partial charge >= 0.3 is 5.97 Å². The molecule has 0 bridgehead atoms. The van der Waals surface area contributed by atoms with E-state index in [-0.39, 0.29) is 17.5 Å². The molecule has 106 valence electrons. The number of hydrogen-bond donors (Lipinski definition) is 1. The molecular weight excluding hydrogens is 292 g/mol. The molecule has 2 aliphatic rings. The van der Waals surface area contributed by atoms with Crippen molar-refractivity contribution in [3.63, 3.8) is 0 Å². The number of carboxylic acids is 1. The van der Waals surface area contributed by atoms with Gasteiger partial charge in [-0.25, -0.2) is 0 Å². The maximum absolute atomic E-state index is 11.2. The number of thioether (sulfide) groups is 2. The summed E-state index contributed by atoms with van der Waals surface area (Å²) in [6, 6.07) is 9.96. The highest BCUT2D eigenvalue weighted by Crippen LogP contribution is 2.36. The molecule has 3 atom stereocenters. The highest BCUT2D eigenvalue weighted by Gasteiger charge is 2.41. The summed E-state index contributed by atoms with van der Waals surface area (Å²) in [5, 5.41) is 10.4. The molecule has 1 aromatic carbocycles. The maximum Gasteiger partial charge on any atom is 0.321 e. The summed E-state index contributed by atoms with van der Waals surface area (Å²) in [5.41, 5.74) is 1.15. The van der Waals surface area contributed by atoms with Crippen LogP contribution in [0.25, 0.3) is 0 Å². The van der Waals surface area contributed by atoms with Crippen molar-refractivity contribution in [3.05, 3.63) is 35.9 Å². The maximum atomic E-state index is 11.2. The van der Waals surface area contributed by atoms with Gasteiger partial charge in [-0.3, -0.25) is 14.7 Å². The van der Waals surface area contributed by atoms with Crippen LogP contribution in [0.5, 0.6) is 0 Å². The smallest absolute Gasteiger partial charge is 0.321 e. The van der Waals surface area contributed by atoms with E-state index in [0.717, 1.165) is 16.4 Å². The zero-order valence-corrected chi connectivity index (χ0v) is 12.7. The van der Waals surface area contributed by atoms with Crippen molar-refractivity contribution >= 4 is 34.5 Å². The molecule has 0 spiro atoms. The molecular formula is C14H16N2O2S2. The summed E-state index contributed by atoms with van der Waals surface area (Å²) >= 11 is 3.47. The van der Waals surface area contributed by atoms with Crippen molar-refractivity contribution in [1.29, 1.82) is 0 Å². The molecule has 0 saturated carbocycles. The lowest BCUT2D eigenvalue weighted by Crippen LogP contribution is -2.42. The van der Waals surface area contributed by atoms with E-state index in [2.05, 4.69) is 12.1 Å². The van der Waals surface area contributed by atoms with E-state index < -0.39 is 5.97 Å². The van der Waals surface area contributed by atoms with Crippen molar-refractivity contribution in [2.45, 2.75) is 17.5 Å². The van der Waals surface area contributed by atoms with Crippen molar-refractivity contribution in [2.75, 3.05) is 18.6 Å². The van der Waals surface area contributed by atoms with Crippen molar-refractivity contribution in [2.24, 2.45) is 4.99 Å². The van der Waals surface area contributed by atoms with Gasteiger partial charge in [-0.15, -0.1) is 23.5 Å². The van der Waals surface area contributed by atoms with Gasteiger partial charge in [0, 0.05) is 17.1 Å². The predicted molar refractivity (Wildman–Crippen MR) is 84.7 cm³/mol. The number of hydrogen-bond acceptors (Lipinski definition) is 5. The molecule has 6 heteroatoms. The third-order valence-electron chi connectivity index (χ3n) is 3.63. The fourth-order valence-electron chi connectivity index (χ4n) is 2.50. The number of benzene rings is 1. The van der Waals surface area contributed by atoms with Crippen LogP contribution in [-0.2, 0) is 4.79 Å². The number of aliphatic imine (C=N–C) groups is 1. The number of carbonyl (C=O) groups is 1. The molecule has 1 saturated heterocycles. The summed E-state index contributed by atoms with van der Waals surface area (Å²) in [4.78, 5) is 17.9. The van der Waals surface area contributed by atoms with Gasteiger partial charge in [0.25, 0.3) is 0 Å². The molecule has 2 aliphatic heterocycles. The van der Waals surface area contributed by atoms with Crippen LogP contribution in [0.4, 0.5) is 0 Å². The van der Waals surface area contributed by atoms with Crippen LogP contribution in [0.2, 0.25) is 0 Å². The number of likely N-dealkylation sites (N-methyl/N-ethyl adjacent to an activating group) is 1. The monoisotopic (exact) mass is 308 g/mol. The minimum Gasteiger partial charge on any atom is -0.480 e. The first-order valence-electron chi connectivity index (χ1n) is 6.49. The summed E-state index contributed by atoms with van der Waals surface area (Å²) < 4.78 is 0. The van der Waals surface area contributed by atoms with Crippen molar-refractivity contribution in [3.8, 4) is 0 Å². The first-order valence-corrected chi connectivity index (χ1v) is 8.52. The normalized spacial score (nSPS) is 30.4. The topological polar surface area (TPSA) is 52.9 Å². The quantitative estimate of drug-likeness (QED) is 0.926. The van der Waals surface area contributed by atoms with E-state index in [1.54, 1.807) is 23.5 Å². The SMILES string of the molecule is CN1C(C2CSC(c3ccccc3)=N2)SC[C@@H]1C(=O)O. The predicted octanol–water partition coefficient (Wildman–Crippen LogP) is 2.01. The second-order valence-electron chi connectivity index (χ2n) is 4.92. The molecule has 0 aliphatic carbocycles. The largest absolute Gasteiger partial charge is 0.480 e. The Morgan fingerprint density at radius 3 is 2.75 bits per heavy atom. The molecule has 1 fully saturated rings. The lowest BCUT2D eigenvalue weighted by molar-refractivity contribution is -0.141. The summed E-state index contributed by atoms with van der Waals surface area (Å²) in [5.74, 6) is 0.840. The number of rotatable bonds is 3. The molecule has 1 N–H and O–H groups in total. The highest BCUT2D eigenvalue weighted by molar-refractivity contribution is 8.14. The third-order valence-corrected chi connectivity index (χ3v) is 6.25. The lowest BCUT2D eigenvalue weighted by Gasteiger charge is -2.24. The Kier molecular flexibility index (Phi) is 4.05. The fourth-order valence-corrected chi connectivity index (χ4v) is 5.24. The van der Waals surface area contributed by atoms with Gasteiger partial charge in [0.2, 0.25) is 0 Å². The van der Waals surface area contributed by atoms with E-state index in [4.69, 9.17) is 4.99 Å². The molecule has 1 aromatic rings. The Bertz CT molecular complexity index is 535. The first-order chi connectivity index (χ1) is 9.66. The van der Waals surface area contributed by atoms with Gasteiger partial charge < -0.3 is 5.11 Å².